The topological polar surface area (TPSA) is 24.9 Å². The van der Waals surface area contributed by atoms with Gasteiger partial charge in [-0.15, -0.1) is 0 Å². The monoisotopic (exact) mass is 254 g/mol. The Morgan fingerprint density at radius 2 is 1.58 bits per heavy atom. The summed E-state index contributed by atoms with van der Waals surface area (Å²) in [5, 5.41) is 3.38. The standard InChI is InChI=1S/C17H22N2/c1-13(2)15-6-4-14(5-7-15)12-17(18-3)16-8-10-19-11-9-16/h4-11,13,17-18H,12H2,1-3H3. The normalized spacial score (nSPS) is 12.6. The largest absolute Gasteiger partial charge is 0.313 e. The number of hydrogen-bond acceptors (Lipinski definition) is 2. The van der Waals surface area contributed by atoms with Gasteiger partial charge in [0.15, 0.2) is 0 Å². The molecule has 2 nitrogen and oxygen atoms in total. The fraction of sp³-hybridized carbons (Fsp3) is 0.353. The smallest absolute Gasteiger partial charge is 0.0359 e. The maximum atomic E-state index is 4.07. The van der Waals surface area contributed by atoms with Gasteiger partial charge < -0.3 is 5.32 Å². The van der Waals surface area contributed by atoms with Crippen LogP contribution in [0.5, 0.6) is 0 Å². The van der Waals surface area contributed by atoms with Gasteiger partial charge in [0.1, 0.15) is 0 Å². The van der Waals surface area contributed by atoms with E-state index in [1.165, 1.54) is 16.7 Å². The van der Waals surface area contributed by atoms with Crippen LogP contribution < -0.4 is 5.32 Å². The quantitative estimate of drug-likeness (QED) is 0.880. The molecule has 0 aliphatic rings. The van der Waals surface area contributed by atoms with Crippen LogP contribution in [0.15, 0.2) is 48.8 Å². The van der Waals surface area contributed by atoms with Crippen LogP contribution in [-0.2, 0) is 6.42 Å². The number of rotatable bonds is 5. The van der Waals surface area contributed by atoms with Crippen LogP contribution in [0.3, 0.4) is 0 Å². The first kappa shape index (κ1) is 13.8. The molecule has 1 N–H and O–H groups in total. The third-order valence-electron chi connectivity index (χ3n) is 3.54. The number of benzene rings is 1. The van der Waals surface area contributed by atoms with Gasteiger partial charge in [-0.3, -0.25) is 4.98 Å². The minimum absolute atomic E-state index is 0.341. The van der Waals surface area contributed by atoms with E-state index in [4.69, 9.17) is 0 Å². The van der Waals surface area contributed by atoms with Gasteiger partial charge in [-0.05, 0) is 48.2 Å². The van der Waals surface area contributed by atoms with Crippen LogP contribution in [0.25, 0.3) is 0 Å². The molecule has 0 spiro atoms. The van der Waals surface area contributed by atoms with E-state index in [1.807, 2.05) is 19.4 Å². The molecule has 1 heterocycles. The Morgan fingerprint density at radius 1 is 0.947 bits per heavy atom. The Morgan fingerprint density at radius 3 is 2.11 bits per heavy atom. The lowest BCUT2D eigenvalue weighted by Gasteiger charge is -2.17. The van der Waals surface area contributed by atoms with Crippen LogP contribution >= 0.6 is 0 Å². The highest BCUT2D eigenvalue weighted by Gasteiger charge is 2.09. The SMILES string of the molecule is CNC(Cc1ccc(C(C)C)cc1)c1ccncc1. The van der Waals surface area contributed by atoms with Crippen molar-refractivity contribution in [3.8, 4) is 0 Å². The van der Waals surface area contributed by atoms with Gasteiger partial charge in [0.25, 0.3) is 0 Å². The maximum Gasteiger partial charge on any atom is 0.0359 e. The van der Waals surface area contributed by atoms with E-state index >= 15 is 0 Å². The fourth-order valence-electron chi connectivity index (χ4n) is 2.26. The van der Waals surface area contributed by atoms with E-state index in [-0.39, 0.29) is 0 Å². The Kier molecular flexibility index (Phi) is 4.69. The van der Waals surface area contributed by atoms with Crippen LogP contribution in [0.1, 0.15) is 42.5 Å². The van der Waals surface area contributed by atoms with Crippen molar-refractivity contribution >= 4 is 0 Å². The molecule has 0 amide bonds. The number of pyridine rings is 1. The molecule has 2 aromatic rings. The first-order chi connectivity index (χ1) is 9.20. The maximum absolute atomic E-state index is 4.07. The highest BCUT2D eigenvalue weighted by atomic mass is 14.9. The predicted molar refractivity (Wildman–Crippen MR) is 80.3 cm³/mol. The third kappa shape index (κ3) is 3.65. The van der Waals surface area contributed by atoms with Crippen LogP contribution in [-0.4, -0.2) is 12.0 Å². The van der Waals surface area contributed by atoms with Gasteiger partial charge in [0, 0.05) is 18.4 Å². The van der Waals surface area contributed by atoms with E-state index in [9.17, 15) is 0 Å². The average Bonchev–Trinajstić information content (AvgIpc) is 2.46. The second-order valence-electron chi connectivity index (χ2n) is 5.22. The van der Waals surface area contributed by atoms with Gasteiger partial charge in [-0.1, -0.05) is 38.1 Å². The van der Waals surface area contributed by atoms with E-state index in [0.717, 1.165) is 6.42 Å². The summed E-state index contributed by atoms with van der Waals surface area (Å²) in [5.41, 5.74) is 4.04. The molecule has 0 bridgehead atoms. The first-order valence-electron chi connectivity index (χ1n) is 6.86. The lowest BCUT2D eigenvalue weighted by Crippen LogP contribution is -2.18. The average molecular weight is 254 g/mol. The summed E-state index contributed by atoms with van der Waals surface area (Å²) < 4.78 is 0. The molecule has 0 saturated carbocycles. The minimum Gasteiger partial charge on any atom is -0.313 e. The van der Waals surface area contributed by atoms with Crippen molar-refractivity contribution in [3.63, 3.8) is 0 Å². The van der Waals surface area contributed by atoms with E-state index in [1.54, 1.807) is 0 Å². The lowest BCUT2D eigenvalue weighted by molar-refractivity contribution is 0.591. The number of nitrogens with zero attached hydrogens (tertiary/aromatic N) is 1. The van der Waals surface area contributed by atoms with Gasteiger partial charge >= 0.3 is 0 Å². The summed E-state index contributed by atoms with van der Waals surface area (Å²) in [6, 6.07) is 13.4. The summed E-state index contributed by atoms with van der Waals surface area (Å²) >= 11 is 0. The molecule has 0 radical (unpaired) electrons. The van der Waals surface area contributed by atoms with Crippen molar-refractivity contribution in [2.45, 2.75) is 32.2 Å². The number of likely N-dealkylation sites (N-methyl/N-ethyl adjacent to an activating group) is 1. The highest BCUT2D eigenvalue weighted by Crippen LogP contribution is 2.20. The molecule has 2 rings (SSSR count). The molecule has 1 aromatic heterocycles. The second kappa shape index (κ2) is 6.48. The number of hydrogen-bond donors (Lipinski definition) is 1. The fourth-order valence-corrected chi connectivity index (χ4v) is 2.26. The predicted octanol–water partition coefficient (Wildman–Crippen LogP) is 3.71. The summed E-state index contributed by atoms with van der Waals surface area (Å²) in [6.07, 6.45) is 4.70. The van der Waals surface area contributed by atoms with Crippen molar-refractivity contribution in [2.75, 3.05) is 7.05 Å². The third-order valence-corrected chi connectivity index (χ3v) is 3.54. The molecule has 0 aliphatic carbocycles. The molecule has 1 unspecified atom stereocenters. The molecular weight excluding hydrogens is 232 g/mol. The van der Waals surface area contributed by atoms with Crippen LogP contribution in [0.4, 0.5) is 0 Å². The second-order valence-corrected chi connectivity index (χ2v) is 5.22. The zero-order valence-corrected chi connectivity index (χ0v) is 11.9. The highest BCUT2D eigenvalue weighted by molar-refractivity contribution is 5.27. The molecule has 100 valence electrons. The van der Waals surface area contributed by atoms with Gasteiger partial charge in [-0.2, -0.15) is 0 Å². The molecule has 2 heteroatoms. The van der Waals surface area contributed by atoms with E-state index in [2.05, 4.69) is 60.5 Å². The Labute approximate surface area is 115 Å². The summed E-state index contributed by atoms with van der Waals surface area (Å²) in [5.74, 6) is 0.592. The minimum atomic E-state index is 0.341. The van der Waals surface area contributed by atoms with Crippen LogP contribution in [0.2, 0.25) is 0 Å². The van der Waals surface area contributed by atoms with Crippen molar-refractivity contribution in [3.05, 3.63) is 65.5 Å². The molecular formula is C17H22N2. The van der Waals surface area contributed by atoms with Crippen molar-refractivity contribution in [2.24, 2.45) is 0 Å². The summed E-state index contributed by atoms with van der Waals surface area (Å²) in [4.78, 5) is 4.07. The molecule has 1 atom stereocenters. The summed E-state index contributed by atoms with van der Waals surface area (Å²) in [7, 11) is 2.01. The Bertz CT molecular complexity index is 488. The number of nitrogens with one attached hydrogen (secondary N) is 1. The molecule has 0 aliphatic heterocycles. The Hall–Kier alpha value is -1.67. The zero-order chi connectivity index (χ0) is 13.7. The first-order valence-corrected chi connectivity index (χ1v) is 6.86. The van der Waals surface area contributed by atoms with Gasteiger partial charge in [-0.25, -0.2) is 0 Å². The van der Waals surface area contributed by atoms with Crippen molar-refractivity contribution < 1.29 is 0 Å². The van der Waals surface area contributed by atoms with Crippen molar-refractivity contribution in [1.82, 2.24) is 10.3 Å². The summed E-state index contributed by atoms with van der Waals surface area (Å²) in [6.45, 7) is 4.45. The van der Waals surface area contributed by atoms with Crippen molar-refractivity contribution in [1.29, 1.82) is 0 Å². The zero-order valence-electron chi connectivity index (χ0n) is 11.9. The van der Waals surface area contributed by atoms with E-state index in [0.29, 0.717) is 12.0 Å². The Balaban J connectivity index is 2.10. The lowest BCUT2D eigenvalue weighted by atomic mass is 9.96. The number of aromatic nitrogens is 1. The van der Waals surface area contributed by atoms with Gasteiger partial charge in [0.2, 0.25) is 0 Å². The molecule has 0 fully saturated rings. The van der Waals surface area contributed by atoms with Gasteiger partial charge in [0.05, 0.1) is 0 Å². The molecule has 0 saturated heterocycles. The van der Waals surface area contributed by atoms with E-state index < -0.39 is 0 Å². The molecule has 1 aromatic carbocycles. The molecule has 19 heavy (non-hydrogen) atoms. The van der Waals surface area contributed by atoms with Crippen LogP contribution in [0, 0.1) is 0 Å².